The lowest BCUT2D eigenvalue weighted by Gasteiger charge is -2.24. The second-order valence-corrected chi connectivity index (χ2v) is 9.14. The van der Waals surface area contributed by atoms with Crippen LogP contribution < -0.4 is 10.6 Å². The average molecular weight is 422 g/mol. The van der Waals surface area contributed by atoms with E-state index in [-0.39, 0.29) is 23.8 Å². The van der Waals surface area contributed by atoms with Gasteiger partial charge in [0.2, 0.25) is 5.91 Å². The molecule has 2 N–H and O–H groups in total. The molecule has 164 valence electrons. The Morgan fingerprint density at radius 1 is 1.23 bits per heavy atom. The van der Waals surface area contributed by atoms with Crippen LogP contribution in [0.25, 0.3) is 11.1 Å². The Bertz CT molecular complexity index is 976. The van der Waals surface area contributed by atoms with Crippen molar-refractivity contribution in [3.63, 3.8) is 0 Å². The molecule has 0 saturated heterocycles. The van der Waals surface area contributed by atoms with Crippen LogP contribution in [0.2, 0.25) is 0 Å². The van der Waals surface area contributed by atoms with E-state index < -0.39 is 11.7 Å². The highest BCUT2D eigenvalue weighted by Gasteiger charge is 2.24. The number of hydrogen-bond acceptors (Lipinski definition) is 4. The molecule has 1 aromatic heterocycles. The Balaban J connectivity index is 2.04. The lowest BCUT2D eigenvalue weighted by atomic mass is 9.92. The molecule has 0 spiro atoms. The Hall–Kier alpha value is -3.15. The number of amides is 2. The molecule has 2 amide bonds. The molecule has 2 aromatic rings. The molecular weight excluding hydrogens is 390 g/mol. The minimum atomic E-state index is -0.597. The number of hydrogen-bond donors (Lipinski definition) is 2. The summed E-state index contributed by atoms with van der Waals surface area (Å²) in [7, 11) is 0. The van der Waals surface area contributed by atoms with Gasteiger partial charge in [0, 0.05) is 17.4 Å². The Kier molecular flexibility index (Phi) is 6.78. The van der Waals surface area contributed by atoms with Crippen LogP contribution in [0.4, 0.5) is 10.5 Å². The largest absolute Gasteiger partial charge is 0.444 e. The van der Waals surface area contributed by atoms with Gasteiger partial charge >= 0.3 is 6.09 Å². The SMILES string of the molecule is CC(C)[C@@H]1/C=C\C[C@H](NC(=O)OC(C)(C)C)c2cc(ccn2)-c2ccccc2NC1=O. The van der Waals surface area contributed by atoms with Gasteiger partial charge in [0.05, 0.1) is 17.7 Å². The minimum Gasteiger partial charge on any atom is -0.444 e. The second kappa shape index (κ2) is 9.33. The van der Waals surface area contributed by atoms with Crippen molar-refractivity contribution in [1.82, 2.24) is 10.3 Å². The highest BCUT2D eigenvalue weighted by Crippen LogP contribution is 2.31. The zero-order chi connectivity index (χ0) is 22.6. The van der Waals surface area contributed by atoms with Crippen molar-refractivity contribution in [3.8, 4) is 11.1 Å². The molecule has 0 radical (unpaired) electrons. The van der Waals surface area contributed by atoms with Crippen molar-refractivity contribution >= 4 is 17.7 Å². The van der Waals surface area contributed by atoms with E-state index in [2.05, 4.69) is 15.6 Å². The maximum atomic E-state index is 13.0. The highest BCUT2D eigenvalue weighted by atomic mass is 16.6. The molecular formula is C25H31N3O3. The van der Waals surface area contributed by atoms with Gasteiger partial charge in [-0.15, -0.1) is 0 Å². The topological polar surface area (TPSA) is 80.3 Å². The third-order valence-electron chi connectivity index (χ3n) is 5.06. The van der Waals surface area contributed by atoms with E-state index in [1.165, 1.54) is 0 Å². The second-order valence-electron chi connectivity index (χ2n) is 9.14. The summed E-state index contributed by atoms with van der Waals surface area (Å²) in [6, 6.07) is 11.2. The van der Waals surface area contributed by atoms with Gasteiger partial charge in [0.25, 0.3) is 0 Å². The van der Waals surface area contributed by atoms with Gasteiger partial charge in [0.1, 0.15) is 5.60 Å². The summed E-state index contributed by atoms with van der Waals surface area (Å²) in [6.07, 6.45) is 5.57. The number of para-hydroxylation sites is 1. The number of nitrogens with one attached hydrogen (secondary N) is 2. The number of benzene rings is 1. The summed E-state index contributed by atoms with van der Waals surface area (Å²) < 4.78 is 5.45. The number of rotatable bonds is 2. The van der Waals surface area contributed by atoms with Crippen LogP contribution in [0.15, 0.2) is 54.7 Å². The van der Waals surface area contributed by atoms with Gasteiger partial charge in [-0.1, -0.05) is 44.2 Å². The Morgan fingerprint density at radius 3 is 2.68 bits per heavy atom. The van der Waals surface area contributed by atoms with Crippen molar-refractivity contribution in [2.45, 2.75) is 52.7 Å². The summed E-state index contributed by atoms with van der Waals surface area (Å²) in [5.41, 5.74) is 2.71. The predicted molar refractivity (Wildman–Crippen MR) is 122 cm³/mol. The Morgan fingerprint density at radius 2 is 1.97 bits per heavy atom. The molecule has 2 atom stereocenters. The van der Waals surface area contributed by atoms with Crippen molar-refractivity contribution in [1.29, 1.82) is 0 Å². The van der Waals surface area contributed by atoms with Crippen molar-refractivity contribution in [2.75, 3.05) is 5.32 Å². The number of aromatic nitrogens is 1. The summed E-state index contributed by atoms with van der Waals surface area (Å²) >= 11 is 0. The first-order chi connectivity index (χ1) is 14.6. The molecule has 1 aliphatic rings. The first-order valence-corrected chi connectivity index (χ1v) is 10.7. The monoisotopic (exact) mass is 421 g/mol. The summed E-state index contributed by atoms with van der Waals surface area (Å²) in [4.78, 5) is 30.0. The van der Waals surface area contributed by atoms with Crippen LogP contribution in [0.3, 0.4) is 0 Å². The van der Waals surface area contributed by atoms with Crippen LogP contribution in [0.1, 0.15) is 52.8 Å². The highest BCUT2D eigenvalue weighted by molar-refractivity contribution is 5.97. The molecule has 31 heavy (non-hydrogen) atoms. The molecule has 2 heterocycles. The minimum absolute atomic E-state index is 0.0507. The quantitative estimate of drug-likeness (QED) is 0.629. The van der Waals surface area contributed by atoms with E-state index in [1.54, 1.807) is 6.20 Å². The zero-order valence-corrected chi connectivity index (χ0v) is 18.8. The molecule has 0 saturated carbocycles. The molecule has 0 fully saturated rings. The number of nitrogens with zero attached hydrogens (tertiary/aromatic N) is 1. The normalized spacial score (nSPS) is 20.0. The average Bonchev–Trinajstić information content (AvgIpc) is 2.68. The number of alkyl carbamates (subject to hydrolysis) is 1. The zero-order valence-electron chi connectivity index (χ0n) is 18.8. The fourth-order valence-electron chi connectivity index (χ4n) is 3.54. The third kappa shape index (κ3) is 5.94. The van der Waals surface area contributed by atoms with Gasteiger partial charge in [-0.2, -0.15) is 0 Å². The molecule has 1 aromatic carbocycles. The fraction of sp³-hybridized carbons (Fsp3) is 0.400. The number of carbonyl (C=O) groups is 2. The number of anilines is 1. The van der Waals surface area contributed by atoms with Crippen LogP contribution in [0, 0.1) is 11.8 Å². The maximum absolute atomic E-state index is 13.0. The first-order valence-electron chi connectivity index (χ1n) is 10.7. The van der Waals surface area contributed by atoms with Crippen molar-refractivity contribution < 1.29 is 14.3 Å². The first kappa shape index (κ1) is 22.5. The van der Waals surface area contributed by atoms with Gasteiger partial charge in [-0.25, -0.2) is 4.79 Å². The number of fused-ring (bicyclic) bond motifs is 4. The molecule has 6 heteroatoms. The summed E-state index contributed by atoms with van der Waals surface area (Å²) in [5.74, 6) is -0.217. The van der Waals surface area contributed by atoms with Crippen LogP contribution in [-0.4, -0.2) is 22.6 Å². The fourth-order valence-corrected chi connectivity index (χ4v) is 3.54. The molecule has 3 rings (SSSR count). The predicted octanol–water partition coefficient (Wildman–Crippen LogP) is 5.49. The lowest BCUT2D eigenvalue weighted by molar-refractivity contribution is -0.119. The summed E-state index contributed by atoms with van der Waals surface area (Å²) in [5, 5.41) is 6.03. The van der Waals surface area contributed by atoms with Gasteiger partial charge < -0.3 is 15.4 Å². The van der Waals surface area contributed by atoms with E-state index in [9.17, 15) is 9.59 Å². The number of pyridine rings is 1. The molecule has 0 aliphatic carbocycles. The lowest BCUT2D eigenvalue weighted by Crippen LogP contribution is -2.35. The van der Waals surface area contributed by atoms with E-state index in [1.807, 2.05) is 83.2 Å². The molecule has 1 aliphatic heterocycles. The third-order valence-corrected chi connectivity index (χ3v) is 5.06. The molecule has 2 bridgehead atoms. The van der Waals surface area contributed by atoms with Crippen LogP contribution in [-0.2, 0) is 9.53 Å². The van der Waals surface area contributed by atoms with Crippen LogP contribution in [0.5, 0.6) is 0 Å². The standard InChI is InChI=1S/C25H31N3O3/c1-16(2)18-10-8-12-21(28-24(30)31-25(3,4)5)22-15-17(13-14-26-22)19-9-6-7-11-20(19)27-23(18)29/h6-11,13-16,18,21H,12H2,1-5H3,(H,27,29)(H,28,30)/b10-8-/t18-,21-/m0/s1. The van der Waals surface area contributed by atoms with Crippen molar-refractivity contribution in [3.05, 3.63) is 60.4 Å². The van der Waals surface area contributed by atoms with E-state index >= 15 is 0 Å². The van der Waals surface area contributed by atoms with E-state index in [0.717, 1.165) is 22.5 Å². The smallest absolute Gasteiger partial charge is 0.408 e. The van der Waals surface area contributed by atoms with Crippen molar-refractivity contribution in [2.24, 2.45) is 11.8 Å². The van der Waals surface area contributed by atoms with E-state index in [0.29, 0.717) is 6.42 Å². The Labute approximate surface area is 184 Å². The van der Waals surface area contributed by atoms with Crippen LogP contribution >= 0.6 is 0 Å². The van der Waals surface area contributed by atoms with Gasteiger partial charge in [0.15, 0.2) is 0 Å². The number of ether oxygens (including phenoxy) is 1. The molecule has 6 nitrogen and oxygen atoms in total. The maximum Gasteiger partial charge on any atom is 0.408 e. The number of carbonyl (C=O) groups excluding carboxylic acids is 2. The summed E-state index contributed by atoms with van der Waals surface area (Å²) in [6.45, 7) is 9.53. The van der Waals surface area contributed by atoms with Gasteiger partial charge in [-0.05, 0) is 56.9 Å². The van der Waals surface area contributed by atoms with Gasteiger partial charge in [-0.3, -0.25) is 9.78 Å². The molecule has 0 unspecified atom stereocenters. The van der Waals surface area contributed by atoms with E-state index in [4.69, 9.17) is 4.74 Å².